The summed E-state index contributed by atoms with van der Waals surface area (Å²) in [6, 6.07) is 7.87. The highest BCUT2D eigenvalue weighted by atomic mass is 16.5. The fraction of sp³-hybridized carbons (Fsp3) is 0.636. The third kappa shape index (κ3) is 8.30. The molecule has 0 atom stereocenters. The number of guanidine groups is 1. The lowest BCUT2D eigenvalue weighted by Gasteiger charge is -2.22. The molecule has 0 spiro atoms. The van der Waals surface area contributed by atoms with Gasteiger partial charge in [0.05, 0.1) is 6.10 Å². The van der Waals surface area contributed by atoms with E-state index in [1.807, 2.05) is 38.1 Å². The van der Waals surface area contributed by atoms with Crippen molar-refractivity contribution in [3.05, 3.63) is 29.8 Å². The van der Waals surface area contributed by atoms with Gasteiger partial charge in [-0.2, -0.15) is 0 Å². The predicted molar refractivity (Wildman–Crippen MR) is 116 cm³/mol. The van der Waals surface area contributed by atoms with E-state index in [0.717, 1.165) is 36.8 Å². The van der Waals surface area contributed by atoms with Crippen LogP contribution in [0.3, 0.4) is 0 Å². The maximum absolute atomic E-state index is 11.7. The zero-order valence-electron chi connectivity index (χ0n) is 17.6. The smallest absolute Gasteiger partial charge is 0.226 e. The van der Waals surface area contributed by atoms with E-state index in [4.69, 9.17) is 4.74 Å². The average molecular weight is 389 g/mol. The molecular formula is C22H36N4O2. The van der Waals surface area contributed by atoms with Gasteiger partial charge in [0, 0.05) is 38.3 Å². The van der Waals surface area contributed by atoms with E-state index in [0.29, 0.717) is 12.6 Å². The Morgan fingerprint density at radius 1 is 1.14 bits per heavy atom. The molecule has 0 heterocycles. The zero-order chi connectivity index (χ0) is 20.2. The quantitative estimate of drug-likeness (QED) is 0.343. The normalized spacial score (nSPS) is 15.5. The molecule has 1 aliphatic carbocycles. The van der Waals surface area contributed by atoms with Gasteiger partial charge in [-0.1, -0.05) is 45.2 Å². The number of rotatable bonds is 9. The van der Waals surface area contributed by atoms with Gasteiger partial charge in [-0.25, -0.2) is 0 Å². The molecular weight excluding hydrogens is 352 g/mol. The van der Waals surface area contributed by atoms with Crippen LogP contribution in [0.25, 0.3) is 0 Å². The van der Waals surface area contributed by atoms with E-state index in [1.54, 1.807) is 7.05 Å². The third-order valence-corrected chi connectivity index (χ3v) is 4.95. The molecule has 1 aromatic rings. The lowest BCUT2D eigenvalue weighted by atomic mass is 9.98. The number of carbonyl (C=O) groups is 1. The van der Waals surface area contributed by atoms with Gasteiger partial charge in [0.25, 0.3) is 0 Å². The Hall–Kier alpha value is -2.08. The zero-order valence-corrected chi connectivity index (χ0v) is 17.6. The highest BCUT2D eigenvalue weighted by Crippen LogP contribution is 2.20. The minimum atomic E-state index is -0.0243. The highest BCUT2D eigenvalue weighted by Gasteiger charge is 2.13. The predicted octanol–water partition coefficient (Wildman–Crippen LogP) is 3.69. The summed E-state index contributed by atoms with van der Waals surface area (Å²) in [4.78, 5) is 16.0. The largest absolute Gasteiger partial charge is 0.378 e. The standard InChI is InChI=1S/C22H36N4O2/c1-17(2)21(27)26-19-12-10-18(11-13-19)16-25-22(23-3)24-14-7-15-28-20-8-5-4-6-9-20/h10-13,17,20H,4-9,14-16H2,1-3H3,(H,26,27)(H2,23,24,25). The van der Waals surface area contributed by atoms with Crippen LogP contribution in [0.5, 0.6) is 0 Å². The molecule has 156 valence electrons. The molecule has 0 radical (unpaired) electrons. The number of benzene rings is 1. The van der Waals surface area contributed by atoms with Crippen molar-refractivity contribution in [3.8, 4) is 0 Å². The third-order valence-electron chi connectivity index (χ3n) is 4.95. The maximum atomic E-state index is 11.7. The van der Waals surface area contributed by atoms with E-state index < -0.39 is 0 Å². The van der Waals surface area contributed by atoms with Crippen LogP contribution >= 0.6 is 0 Å². The summed E-state index contributed by atoms with van der Waals surface area (Å²) in [6.45, 7) is 6.09. The van der Waals surface area contributed by atoms with Crippen molar-refractivity contribution < 1.29 is 9.53 Å². The number of anilines is 1. The van der Waals surface area contributed by atoms with E-state index in [9.17, 15) is 4.79 Å². The van der Waals surface area contributed by atoms with Crippen molar-refractivity contribution in [2.75, 3.05) is 25.5 Å². The van der Waals surface area contributed by atoms with E-state index in [1.165, 1.54) is 32.1 Å². The van der Waals surface area contributed by atoms with E-state index in [2.05, 4.69) is 20.9 Å². The lowest BCUT2D eigenvalue weighted by molar-refractivity contribution is -0.118. The Bertz CT molecular complexity index is 607. The van der Waals surface area contributed by atoms with Crippen LogP contribution in [0.4, 0.5) is 5.69 Å². The summed E-state index contributed by atoms with van der Waals surface area (Å²) >= 11 is 0. The minimum absolute atomic E-state index is 0.0243. The summed E-state index contributed by atoms with van der Waals surface area (Å²) in [6.07, 6.45) is 7.86. The van der Waals surface area contributed by atoms with E-state index >= 15 is 0 Å². The van der Waals surface area contributed by atoms with Crippen LogP contribution in [-0.4, -0.2) is 38.2 Å². The maximum Gasteiger partial charge on any atom is 0.226 e. The van der Waals surface area contributed by atoms with Crippen molar-refractivity contribution in [1.29, 1.82) is 0 Å². The molecule has 0 unspecified atom stereocenters. The van der Waals surface area contributed by atoms with Crippen LogP contribution in [0.15, 0.2) is 29.3 Å². The molecule has 28 heavy (non-hydrogen) atoms. The Kier molecular flexibility index (Phi) is 9.83. The van der Waals surface area contributed by atoms with Crippen molar-refractivity contribution in [3.63, 3.8) is 0 Å². The van der Waals surface area contributed by atoms with E-state index in [-0.39, 0.29) is 11.8 Å². The molecule has 6 heteroatoms. The Morgan fingerprint density at radius 3 is 2.50 bits per heavy atom. The molecule has 1 aromatic carbocycles. The average Bonchev–Trinajstić information content (AvgIpc) is 2.71. The monoisotopic (exact) mass is 388 g/mol. The fourth-order valence-corrected chi connectivity index (χ4v) is 3.16. The molecule has 2 rings (SSSR count). The number of nitrogens with zero attached hydrogens (tertiary/aromatic N) is 1. The second kappa shape index (κ2) is 12.4. The van der Waals surface area contributed by atoms with Gasteiger partial charge in [-0.15, -0.1) is 0 Å². The molecule has 1 amide bonds. The molecule has 1 saturated carbocycles. The molecule has 0 aliphatic heterocycles. The molecule has 1 fully saturated rings. The van der Waals surface area contributed by atoms with Crippen LogP contribution in [0.2, 0.25) is 0 Å². The highest BCUT2D eigenvalue weighted by molar-refractivity contribution is 5.92. The minimum Gasteiger partial charge on any atom is -0.378 e. The molecule has 0 bridgehead atoms. The number of hydrogen-bond acceptors (Lipinski definition) is 3. The first-order chi connectivity index (χ1) is 13.6. The number of nitrogens with one attached hydrogen (secondary N) is 3. The second-order valence-electron chi connectivity index (χ2n) is 7.68. The van der Waals surface area contributed by atoms with Gasteiger partial charge in [-0.05, 0) is 37.0 Å². The summed E-state index contributed by atoms with van der Waals surface area (Å²) < 4.78 is 5.95. The van der Waals surface area contributed by atoms with Crippen molar-refractivity contribution >= 4 is 17.6 Å². The Labute approximate surface area is 169 Å². The Balaban J connectivity index is 1.62. The first-order valence-corrected chi connectivity index (χ1v) is 10.5. The van der Waals surface area contributed by atoms with Gasteiger partial charge >= 0.3 is 0 Å². The number of hydrogen-bond donors (Lipinski definition) is 3. The van der Waals surface area contributed by atoms with Crippen molar-refractivity contribution in [2.45, 2.75) is 65.0 Å². The van der Waals surface area contributed by atoms with Crippen LogP contribution < -0.4 is 16.0 Å². The summed E-state index contributed by atoms with van der Waals surface area (Å²) in [5.74, 6) is 0.793. The lowest BCUT2D eigenvalue weighted by Crippen LogP contribution is -2.37. The fourth-order valence-electron chi connectivity index (χ4n) is 3.16. The number of ether oxygens (including phenoxy) is 1. The van der Waals surface area contributed by atoms with Crippen LogP contribution in [0.1, 0.15) is 57.9 Å². The first-order valence-electron chi connectivity index (χ1n) is 10.5. The van der Waals surface area contributed by atoms with Crippen molar-refractivity contribution in [2.24, 2.45) is 10.9 Å². The molecule has 0 aromatic heterocycles. The van der Waals surface area contributed by atoms with Crippen LogP contribution in [-0.2, 0) is 16.1 Å². The van der Waals surface area contributed by atoms with Gasteiger partial charge in [0.1, 0.15) is 0 Å². The summed E-state index contributed by atoms with van der Waals surface area (Å²) in [5, 5.41) is 9.55. The van der Waals surface area contributed by atoms with Gasteiger partial charge in [-0.3, -0.25) is 9.79 Å². The van der Waals surface area contributed by atoms with Gasteiger partial charge in [0.2, 0.25) is 5.91 Å². The summed E-state index contributed by atoms with van der Waals surface area (Å²) in [5.41, 5.74) is 1.95. The van der Waals surface area contributed by atoms with Crippen molar-refractivity contribution in [1.82, 2.24) is 10.6 Å². The Morgan fingerprint density at radius 2 is 1.86 bits per heavy atom. The number of amides is 1. The van der Waals surface area contributed by atoms with Gasteiger partial charge in [0.15, 0.2) is 5.96 Å². The molecule has 6 nitrogen and oxygen atoms in total. The first kappa shape index (κ1) is 22.2. The SMILES string of the molecule is CN=C(NCCCOC1CCCCC1)NCc1ccc(NC(=O)C(C)C)cc1. The van der Waals surface area contributed by atoms with Gasteiger partial charge < -0.3 is 20.7 Å². The molecule has 3 N–H and O–H groups in total. The molecule has 1 aliphatic rings. The topological polar surface area (TPSA) is 74.8 Å². The number of aliphatic imine (C=N–C) groups is 1. The summed E-state index contributed by atoms with van der Waals surface area (Å²) in [7, 11) is 1.78. The molecule has 0 saturated heterocycles. The second-order valence-corrected chi connectivity index (χ2v) is 7.68. The van der Waals surface area contributed by atoms with Crippen LogP contribution in [0, 0.1) is 5.92 Å². The number of carbonyl (C=O) groups excluding carboxylic acids is 1.